The van der Waals surface area contributed by atoms with Crippen LogP contribution in [-0.2, 0) is 6.54 Å². The van der Waals surface area contributed by atoms with E-state index < -0.39 is 0 Å². The molecule has 0 unspecified atom stereocenters. The summed E-state index contributed by atoms with van der Waals surface area (Å²) in [5.74, 6) is 1.36. The van der Waals surface area contributed by atoms with Gasteiger partial charge in [0.15, 0.2) is 11.5 Å². The Bertz CT molecular complexity index is 855. The fraction of sp³-hybridized carbons (Fsp3) is 0.150. The first-order valence-electron chi connectivity index (χ1n) is 7.79. The molecule has 1 N–H and O–H groups in total. The van der Waals surface area contributed by atoms with Crippen molar-refractivity contribution in [3.05, 3.63) is 65.0 Å². The van der Waals surface area contributed by atoms with Crippen LogP contribution in [0.2, 0.25) is 0 Å². The highest BCUT2D eigenvalue weighted by Crippen LogP contribution is 2.36. The first kappa shape index (κ1) is 17.0. The zero-order valence-electron chi connectivity index (χ0n) is 14.1. The fourth-order valence-corrected chi connectivity index (χ4v) is 3.16. The smallest absolute Gasteiger partial charge is 0.166 e. The molecule has 0 fully saturated rings. The third kappa shape index (κ3) is 4.00. The number of thiophene rings is 1. The second kappa shape index (κ2) is 7.85. The van der Waals surface area contributed by atoms with Crippen LogP contribution in [0.1, 0.15) is 11.1 Å². The Morgan fingerprint density at radius 3 is 2.52 bits per heavy atom. The van der Waals surface area contributed by atoms with Gasteiger partial charge in [0.2, 0.25) is 0 Å². The number of benzene rings is 2. The maximum atomic E-state index is 10.3. The zero-order chi connectivity index (χ0) is 17.6. The molecule has 0 aliphatic carbocycles. The van der Waals surface area contributed by atoms with Gasteiger partial charge < -0.3 is 14.6 Å². The second-order valence-corrected chi connectivity index (χ2v) is 6.36. The maximum Gasteiger partial charge on any atom is 0.166 e. The first-order chi connectivity index (χ1) is 12.2. The highest BCUT2D eigenvalue weighted by atomic mass is 32.1. The van der Waals surface area contributed by atoms with Crippen LogP contribution in [0.5, 0.6) is 17.2 Å². The SMILES string of the molecule is COc1ccc(C/N=C/c2cc(-c3cccs3)cc(OC)c2O)cc1. The van der Waals surface area contributed by atoms with Gasteiger partial charge in [-0.1, -0.05) is 18.2 Å². The highest BCUT2D eigenvalue weighted by Gasteiger charge is 2.11. The van der Waals surface area contributed by atoms with E-state index in [2.05, 4.69) is 4.99 Å². The lowest BCUT2D eigenvalue weighted by Gasteiger charge is -2.09. The third-order valence-corrected chi connectivity index (χ3v) is 4.71. The van der Waals surface area contributed by atoms with Crippen LogP contribution in [0.25, 0.3) is 10.4 Å². The number of rotatable bonds is 6. The van der Waals surface area contributed by atoms with E-state index in [4.69, 9.17) is 9.47 Å². The molecule has 1 aromatic heterocycles. The number of aliphatic imine (C=N–C) groups is 1. The average molecular weight is 353 g/mol. The van der Waals surface area contributed by atoms with Crippen LogP contribution in [0.3, 0.4) is 0 Å². The lowest BCUT2D eigenvalue weighted by Crippen LogP contribution is -1.91. The largest absolute Gasteiger partial charge is 0.504 e. The number of hydrogen-bond acceptors (Lipinski definition) is 5. The molecular weight excluding hydrogens is 334 g/mol. The lowest BCUT2D eigenvalue weighted by molar-refractivity contribution is 0.373. The van der Waals surface area contributed by atoms with E-state index in [0.29, 0.717) is 17.9 Å². The average Bonchev–Trinajstić information content (AvgIpc) is 3.18. The van der Waals surface area contributed by atoms with Gasteiger partial charge in [-0.25, -0.2) is 0 Å². The number of aromatic hydroxyl groups is 1. The summed E-state index contributed by atoms with van der Waals surface area (Å²) in [4.78, 5) is 5.56. The molecule has 2 aromatic carbocycles. The van der Waals surface area contributed by atoms with Crippen molar-refractivity contribution in [2.45, 2.75) is 6.54 Å². The van der Waals surface area contributed by atoms with Crippen molar-refractivity contribution in [1.82, 2.24) is 0 Å². The Morgan fingerprint density at radius 2 is 1.88 bits per heavy atom. The Labute approximate surface area is 151 Å². The van der Waals surface area contributed by atoms with Gasteiger partial charge >= 0.3 is 0 Å². The molecule has 0 saturated heterocycles. The van der Waals surface area contributed by atoms with E-state index in [1.54, 1.807) is 31.8 Å². The monoisotopic (exact) mass is 353 g/mol. The minimum absolute atomic E-state index is 0.0984. The van der Waals surface area contributed by atoms with Crippen molar-refractivity contribution >= 4 is 17.6 Å². The summed E-state index contributed by atoms with van der Waals surface area (Å²) in [6.45, 7) is 0.523. The number of methoxy groups -OCH3 is 2. The summed E-state index contributed by atoms with van der Waals surface area (Å²) in [6.07, 6.45) is 1.68. The molecule has 0 bridgehead atoms. The van der Waals surface area contributed by atoms with E-state index in [0.717, 1.165) is 21.8 Å². The molecule has 5 heteroatoms. The molecule has 0 aliphatic heterocycles. The van der Waals surface area contributed by atoms with Crippen molar-refractivity contribution in [2.24, 2.45) is 4.99 Å². The van der Waals surface area contributed by atoms with Crippen molar-refractivity contribution in [3.63, 3.8) is 0 Å². The second-order valence-electron chi connectivity index (χ2n) is 5.41. The molecule has 25 heavy (non-hydrogen) atoms. The van der Waals surface area contributed by atoms with Crippen LogP contribution >= 0.6 is 11.3 Å². The van der Waals surface area contributed by atoms with E-state index in [-0.39, 0.29) is 5.75 Å². The number of ether oxygens (including phenoxy) is 2. The standard InChI is InChI=1S/C20H19NO3S/c1-23-17-7-5-14(6-8-17)12-21-13-16-10-15(19-4-3-9-25-19)11-18(24-2)20(16)22/h3-11,13,22H,12H2,1-2H3/b21-13+. The summed E-state index contributed by atoms with van der Waals surface area (Å²) in [7, 11) is 3.19. The number of phenolic OH excluding ortho intramolecular Hbond substituents is 1. The fourth-order valence-electron chi connectivity index (χ4n) is 2.45. The summed E-state index contributed by atoms with van der Waals surface area (Å²) in [5.41, 5.74) is 2.70. The van der Waals surface area contributed by atoms with Gasteiger partial charge in [0.25, 0.3) is 0 Å². The third-order valence-electron chi connectivity index (χ3n) is 3.79. The van der Waals surface area contributed by atoms with Gasteiger partial charge in [-0.3, -0.25) is 4.99 Å². The molecule has 3 rings (SSSR count). The Hall–Kier alpha value is -2.79. The van der Waals surface area contributed by atoms with Gasteiger partial charge in [-0.05, 0) is 46.8 Å². The van der Waals surface area contributed by atoms with E-state index in [1.165, 1.54) is 0 Å². The molecule has 128 valence electrons. The summed E-state index contributed by atoms with van der Waals surface area (Å²) >= 11 is 1.64. The molecule has 0 radical (unpaired) electrons. The number of nitrogens with zero attached hydrogens (tertiary/aromatic N) is 1. The molecule has 0 aliphatic rings. The molecule has 0 amide bonds. The van der Waals surface area contributed by atoms with Crippen molar-refractivity contribution in [1.29, 1.82) is 0 Å². The molecule has 0 saturated carbocycles. The quantitative estimate of drug-likeness (QED) is 0.650. The lowest BCUT2D eigenvalue weighted by atomic mass is 10.1. The maximum absolute atomic E-state index is 10.3. The molecule has 0 spiro atoms. The summed E-state index contributed by atoms with van der Waals surface area (Å²) in [6, 6.07) is 15.5. The highest BCUT2D eigenvalue weighted by molar-refractivity contribution is 7.13. The Morgan fingerprint density at radius 1 is 1.08 bits per heavy atom. The van der Waals surface area contributed by atoms with Gasteiger partial charge in [-0.2, -0.15) is 0 Å². The van der Waals surface area contributed by atoms with E-state index in [1.807, 2.05) is 53.9 Å². The van der Waals surface area contributed by atoms with E-state index >= 15 is 0 Å². The minimum Gasteiger partial charge on any atom is -0.504 e. The summed E-state index contributed by atoms with van der Waals surface area (Å²) < 4.78 is 10.4. The van der Waals surface area contributed by atoms with Gasteiger partial charge in [-0.15, -0.1) is 11.3 Å². The van der Waals surface area contributed by atoms with Crippen molar-refractivity contribution < 1.29 is 14.6 Å². The number of phenols is 1. The topological polar surface area (TPSA) is 51.0 Å². The van der Waals surface area contributed by atoms with Crippen LogP contribution in [-0.4, -0.2) is 25.5 Å². The zero-order valence-corrected chi connectivity index (χ0v) is 14.9. The van der Waals surface area contributed by atoms with Crippen molar-refractivity contribution in [3.8, 4) is 27.7 Å². The predicted molar refractivity (Wildman–Crippen MR) is 102 cm³/mol. The first-order valence-corrected chi connectivity index (χ1v) is 8.67. The summed E-state index contributed by atoms with van der Waals surface area (Å²) in [5, 5.41) is 12.4. The molecule has 0 atom stereocenters. The Balaban J connectivity index is 1.83. The van der Waals surface area contributed by atoms with Crippen LogP contribution < -0.4 is 9.47 Å². The molecule has 3 aromatic rings. The normalized spacial score (nSPS) is 11.0. The molecule has 4 nitrogen and oxygen atoms in total. The predicted octanol–water partition coefficient (Wildman–Crippen LogP) is 4.76. The van der Waals surface area contributed by atoms with Gasteiger partial charge in [0.05, 0.1) is 20.8 Å². The van der Waals surface area contributed by atoms with Crippen LogP contribution in [0.15, 0.2) is 58.9 Å². The van der Waals surface area contributed by atoms with Gasteiger partial charge in [0.1, 0.15) is 5.75 Å². The van der Waals surface area contributed by atoms with Crippen molar-refractivity contribution in [2.75, 3.05) is 14.2 Å². The minimum atomic E-state index is 0.0984. The van der Waals surface area contributed by atoms with E-state index in [9.17, 15) is 5.11 Å². The van der Waals surface area contributed by atoms with Crippen LogP contribution in [0.4, 0.5) is 0 Å². The van der Waals surface area contributed by atoms with Crippen LogP contribution in [0, 0.1) is 0 Å². The number of hydrogen-bond donors (Lipinski definition) is 1. The molecular formula is C20H19NO3S. The molecule has 1 heterocycles. The van der Waals surface area contributed by atoms with Gasteiger partial charge in [0, 0.05) is 16.7 Å². The Kier molecular flexibility index (Phi) is 5.36.